The van der Waals surface area contributed by atoms with Crippen LogP contribution in [-0.2, 0) is 9.53 Å². The van der Waals surface area contributed by atoms with Gasteiger partial charge in [-0.1, -0.05) is 6.92 Å². The Labute approximate surface area is 89.3 Å². The fraction of sp³-hybridized carbons (Fsp3) is 0.778. The minimum atomic E-state index is -0.914. The summed E-state index contributed by atoms with van der Waals surface area (Å²) >= 11 is 0. The smallest absolute Gasteiger partial charge is 0.188 e. The molecule has 0 radical (unpaired) electrons. The summed E-state index contributed by atoms with van der Waals surface area (Å²) in [5.74, 6) is -0.0598. The van der Waals surface area contributed by atoms with E-state index in [-0.39, 0.29) is 5.96 Å². The number of hydrogen-bond acceptors (Lipinski definition) is 4. The van der Waals surface area contributed by atoms with Crippen molar-refractivity contribution in [3.8, 4) is 0 Å². The summed E-state index contributed by atoms with van der Waals surface area (Å²) in [4.78, 5) is 17.2. The Morgan fingerprint density at radius 3 is 2.53 bits per heavy atom. The number of guanidine groups is 1. The minimum absolute atomic E-state index is 0.0598. The Balaban J connectivity index is 2.87. The molecule has 1 aliphatic heterocycles. The summed E-state index contributed by atoms with van der Waals surface area (Å²) in [6, 6.07) is 0. The van der Waals surface area contributed by atoms with Crippen molar-refractivity contribution in [2.45, 2.75) is 19.0 Å². The number of aliphatic imine (C=N–C) groups is 1. The number of aldehydes is 1. The lowest BCUT2D eigenvalue weighted by atomic mass is 10.1. The zero-order valence-corrected chi connectivity index (χ0v) is 8.98. The largest absolute Gasteiger partial charge is 0.379 e. The van der Waals surface area contributed by atoms with E-state index >= 15 is 0 Å². The SMILES string of the molecule is CCC(C=O)(N=C(N)N)N1CCOCC1. The van der Waals surface area contributed by atoms with E-state index in [1.165, 1.54) is 0 Å². The van der Waals surface area contributed by atoms with E-state index in [0.717, 1.165) is 6.29 Å². The van der Waals surface area contributed by atoms with Crippen molar-refractivity contribution in [2.75, 3.05) is 26.3 Å². The molecule has 0 bridgehead atoms. The standard InChI is InChI=1S/C9H18N4O2/c1-2-9(7-14,12-8(10)11)13-3-5-15-6-4-13/h7H,2-6H2,1H3,(H4,10,11,12). The third-order valence-electron chi connectivity index (χ3n) is 2.59. The van der Waals surface area contributed by atoms with Gasteiger partial charge in [-0.3, -0.25) is 9.69 Å². The molecule has 0 aromatic heterocycles. The Morgan fingerprint density at radius 1 is 1.53 bits per heavy atom. The summed E-state index contributed by atoms with van der Waals surface area (Å²) < 4.78 is 5.22. The highest BCUT2D eigenvalue weighted by molar-refractivity contribution is 5.79. The number of hydrogen-bond donors (Lipinski definition) is 2. The van der Waals surface area contributed by atoms with E-state index in [0.29, 0.717) is 32.7 Å². The molecule has 86 valence electrons. The van der Waals surface area contributed by atoms with Crippen molar-refractivity contribution in [1.29, 1.82) is 0 Å². The van der Waals surface area contributed by atoms with Crippen LogP contribution in [0, 0.1) is 0 Å². The molecule has 0 aliphatic carbocycles. The van der Waals surface area contributed by atoms with Gasteiger partial charge in [-0.15, -0.1) is 0 Å². The number of rotatable bonds is 4. The summed E-state index contributed by atoms with van der Waals surface area (Å²) in [5, 5.41) is 0. The molecule has 1 atom stereocenters. The van der Waals surface area contributed by atoms with E-state index in [1.54, 1.807) is 0 Å². The van der Waals surface area contributed by atoms with Crippen LogP contribution in [-0.4, -0.2) is 49.1 Å². The molecule has 1 heterocycles. The predicted molar refractivity (Wildman–Crippen MR) is 57.3 cm³/mol. The number of nitrogens with zero attached hydrogens (tertiary/aromatic N) is 2. The van der Waals surface area contributed by atoms with Gasteiger partial charge >= 0.3 is 0 Å². The second-order valence-electron chi connectivity index (χ2n) is 3.49. The zero-order chi connectivity index (χ0) is 11.3. The summed E-state index contributed by atoms with van der Waals surface area (Å²) in [6.07, 6.45) is 1.35. The number of morpholine rings is 1. The van der Waals surface area contributed by atoms with Crippen molar-refractivity contribution in [3.05, 3.63) is 0 Å². The first-order valence-corrected chi connectivity index (χ1v) is 5.04. The average molecular weight is 214 g/mol. The summed E-state index contributed by atoms with van der Waals surface area (Å²) in [7, 11) is 0. The Bertz CT molecular complexity index is 246. The van der Waals surface area contributed by atoms with Crippen molar-refractivity contribution >= 4 is 12.2 Å². The molecule has 0 spiro atoms. The molecule has 1 unspecified atom stereocenters. The van der Waals surface area contributed by atoms with Crippen molar-refractivity contribution in [3.63, 3.8) is 0 Å². The van der Waals surface area contributed by atoms with Crippen LogP contribution in [0.5, 0.6) is 0 Å². The second-order valence-corrected chi connectivity index (χ2v) is 3.49. The lowest BCUT2D eigenvalue weighted by molar-refractivity contribution is -0.121. The fourth-order valence-electron chi connectivity index (χ4n) is 1.73. The van der Waals surface area contributed by atoms with Crippen LogP contribution in [0.4, 0.5) is 0 Å². The number of ether oxygens (including phenoxy) is 1. The van der Waals surface area contributed by atoms with Crippen LogP contribution in [0.2, 0.25) is 0 Å². The van der Waals surface area contributed by atoms with Gasteiger partial charge in [-0.05, 0) is 6.42 Å². The monoisotopic (exact) mass is 214 g/mol. The van der Waals surface area contributed by atoms with Gasteiger partial charge in [0.1, 0.15) is 0 Å². The lowest BCUT2D eigenvalue weighted by Crippen LogP contribution is -2.54. The molecule has 1 rings (SSSR count). The topological polar surface area (TPSA) is 93.9 Å². The molecule has 0 aromatic rings. The van der Waals surface area contributed by atoms with Crippen LogP contribution in [0.3, 0.4) is 0 Å². The highest BCUT2D eigenvalue weighted by Crippen LogP contribution is 2.20. The van der Waals surface area contributed by atoms with Gasteiger partial charge in [0, 0.05) is 13.1 Å². The fourth-order valence-corrected chi connectivity index (χ4v) is 1.73. The van der Waals surface area contributed by atoms with Crippen molar-refractivity contribution in [1.82, 2.24) is 4.90 Å². The molecule has 4 N–H and O–H groups in total. The normalized spacial score (nSPS) is 21.7. The quantitative estimate of drug-likeness (QED) is 0.352. The third kappa shape index (κ3) is 2.66. The first kappa shape index (κ1) is 11.9. The molecule has 15 heavy (non-hydrogen) atoms. The molecule has 1 fully saturated rings. The van der Waals surface area contributed by atoms with Gasteiger partial charge in [0.2, 0.25) is 0 Å². The lowest BCUT2D eigenvalue weighted by Gasteiger charge is -2.38. The van der Waals surface area contributed by atoms with Crippen LogP contribution in [0.15, 0.2) is 4.99 Å². The molecule has 0 saturated carbocycles. The molecule has 1 saturated heterocycles. The molecular weight excluding hydrogens is 196 g/mol. The van der Waals surface area contributed by atoms with E-state index < -0.39 is 5.66 Å². The molecule has 1 aliphatic rings. The highest BCUT2D eigenvalue weighted by Gasteiger charge is 2.35. The van der Waals surface area contributed by atoms with Crippen LogP contribution in [0.25, 0.3) is 0 Å². The predicted octanol–water partition coefficient (Wildman–Crippen LogP) is -1.10. The summed E-state index contributed by atoms with van der Waals surface area (Å²) in [5.41, 5.74) is 9.78. The number of carbonyl (C=O) groups excluding carboxylic acids is 1. The molecule has 6 nitrogen and oxygen atoms in total. The van der Waals surface area contributed by atoms with E-state index in [4.69, 9.17) is 16.2 Å². The van der Waals surface area contributed by atoms with E-state index in [9.17, 15) is 4.79 Å². The number of nitrogens with two attached hydrogens (primary N) is 2. The highest BCUT2D eigenvalue weighted by atomic mass is 16.5. The zero-order valence-electron chi connectivity index (χ0n) is 8.98. The molecule has 0 amide bonds. The Hall–Kier alpha value is -1.14. The molecule has 6 heteroatoms. The van der Waals surface area contributed by atoms with Crippen LogP contribution >= 0.6 is 0 Å². The summed E-state index contributed by atoms with van der Waals surface area (Å²) in [6.45, 7) is 4.44. The van der Waals surface area contributed by atoms with Gasteiger partial charge in [-0.2, -0.15) is 0 Å². The Morgan fingerprint density at radius 2 is 2.13 bits per heavy atom. The van der Waals surface area contributed by atoms with E-state index in [2.05, 4.69) is 4.99 Å². The van der Waals surface area contributed by atoms with Gasteiger partial charge in [-0.25, -0.2) is 4.99 Å². The van der Waals surface area contributed by atoms with Crippen LogP contribution in [0.1, 0.15) is 13.3 Å². The first-order chi connectivity index (χ1) is 7.14. The maximum absolute atomic E-state index is 11.2. The van der Waals surface area contributed by atoms with Crippen molar-refractivity contribution in [2.24, 2.45) is 16.5 Å². The van der Waals surface area contributed by atoms with Gasteiger partial charge in [0.15, 0.2) is 17.9 Å². The van der Waals surface area contributed by atoms with Gasteiger partial charge in [0.25, 0.3) is 0 Å². The molecular formula is C9H18N4O2. The maximum Gasteiger partial charge on any atom is 0.188 e. The van der Waals surface area contributed by atoms with Gasteiger partial charge < -0.3 is 16.2 Å². The maximum atomic E-state index is 11.2. The minimum Gasteiger partial charge on any atom is -0.379 e. The van der Waals surface area contributed by atoms with Crippen LogP contribution < -0.4 is 11.5 Å². The number of carbonyl (C=O) groups is 1. The second kappa shape index (κ2) is 5.09. The average Bonchev–Trinajstić information content (AvgIpc) is 2.27. The first-order valence-electron chi connectivity index (χ1n) is 5.04. The van der Waals surface area contributed by atoms with Gasteiger partial charge in [0.05, 0.1) is 13.2 Å². The third-order valence-corrected chi connectivity index (χ3v) is 2.59. The molecule has 0 aromatic carbocycles. The van der Waals surface area contributed by atoms with Crippen molar-refractivity contribution < 1.29 is 9.53 Å². The Kier molecular flexibility index (Phi) is 4.05. The van der Waals surface area contributed by atoms with E-state index in [1.807, 2.05) is 11.8 Å².